The van der Waals surface area contributed by atoms with E-state index in [9.17, 15) is 5.26 Å². The molecule has 5 heteroatoms. The van der Waals surface area contributed by atoms with Crippen LogP contribution in [0, 0.1) is 11.3 Å². The molecular weight excluding hydrogens is 300 g/mol. The number of aromatic amines is 1. The number of aromatic nitrogens is 2. The number of hydrogen-bond donors (Lipinski definition) is 1. The fourth-order valence-electron chi connectivity index (χ4n) is 3.84. The van der Waals surface area contributed by atoms with Gasteiger partial charge in [-0.15, -0.1) is 0 Å². The van der Waals surface area contributed by atoms with Crippen molar-refractivity contribution in [2.75, 3.05) is 18.0 Å². The van der Waals surface area contributed by atoms with Crippen molar-refractivity contribution in [3.05, 3.63) is 48.3 Å². The van der Waals surface area contributed by atoms with Gasteiger partial charge in [-0.1, -0.05) is 12.1 Å². The van der Waals surface area contributed by atoms with Crippen molar-refractivity contribution >= 4 is 16.7 Å². The van der Waals surface area contributed by atoms with Gasteiger partial charge in [0.1, 0.15) is 5.65 Å². The number of anilines is 1. The molecule has 0 spiro atoms. The maximum absolute atomic E-state index is 9.17. The summed E-state index contributed by atoms with van der Waals surface area (Å²) in [4.78, 5) is 10.2. The second-order valence-electron chi connectivity index (χ2n) is 6.47. The molecule has 3 fully saturated rings. The quantitative estimate of drug-likeness (QED) is 0.789. The molecular formula is C19H16N4O. The normalized spacial score (nSPS) is 22.2. The molecule has 5 nitrogen and oxygen atoms in total. The van der Waals surface area contributed by atoms with E-state index in [0.29, 0.717) is 17.8 Å². The molecule has 0 amide bonds. The van der Waals surface area contributed by atoms with Crippen molar-refractivity contribution in [3.8, 4) is 17.2 Å². The van der Waals surface area contributed by atoms with Gasteiger partial charge < -0.3 is 14.6 Å². The Hall–Kier alpha value is -2.84. The van der Waals surface area contributed by atoms with Crippen LogP contribution in [0.15, 0.2) is 42.7 Å². The number of nitrogens with one attached hydrogen (secondary N) is 1. The lowest BCUT2D eigenvalue weighted by Crippen LogP contribution is -2.57. The summed E-state index contributed by atoms with van der Waals surface area (Å²) in [5.74, 6) is 0. The van der Waals surface area contributed by atoms with Crippen molar-refractivity contribution in [3.63, 3.8) is 0 Å². The first-order valence-electron chi connectivity index (χ1n) is 8.19. The molecule has 6 rings (SSSR count). The Morgan fingerprint density at radius 3 is 2.88 bits per heavy atom. The Labute approximate surface area is 139 Å². The molecule has 2 aromatic heterocycles. The zero-order valence-corrected chi connectivity index (χ0v) is 13.1. The minimum Gasteiger partial charge on any atom is -0.371 e. The summed E-state index contributed by atoms with van der Waals surface area (Å²) in [6.07, 6.45) is 5.73. The van der Waals surface area contributed by atoms with Crippen molar-refractivity contribution in [2.45, 2.75) is 18.6 Å². The third-order valence-corrected chi connectivity index (χ3v) is 4.95. The van der Waals surface area contributed by atoms with E-state index in [2.05, 4.69) is 27.0 Å². The first kappa shape index (κ1) is 13.6. The molecule has 2 atom stereocenters. The molecule has 0 saturated carbocycles. The Morgan fingerprint density at radius 2 is 2.08 bits per heavy atom. The zero-order chi connectivity index (χ0) is 16.1. The van der Waals surface area contributed by atoms with E-state index in [1.54, 1.807) is 0 Å². The monoisotopic (exact) mass is 316 g/mol. The third-order valence-electron chi connectivity index (χ3n) is 4.95. The lowest BCUT2D eigenvalue weighted by atomic mass is 9.97. The molecule has 1 N–H and O–H groups in total. The summed E-state index contributed by atoms with van der Waals surface area (Å²) in [5.41, 5.74) is 4.86. The highest BCUT2D eigenvalue weighted by molar-refractivity contribution is 6.02. The molecule has 3 aliphatic rings. The maximum Gasteiger partial charge on any atom is 0.139 e. The van der Waals surface area contributed by atoms with Gasteiger partial charge in [0.05, 0.1) is 29.5 Å². The number of hydrogen-bond acceptors (Lipinski definition) is 4. The van der Waals surface area contributed by atoms with E-state index in [-0.39, 0.29) is 0 Å². The van der Waals surface area contributed by atoms with E-state index >= 15 is 0 Å². The van der Waals surface area contributed by atoms with E-state index in [1.807, 2.05) is 36.7 Å². The van der Waals surface area contributed by atoms with Crippen LogP contribution in [-0.4, -0.2) is 35.3 Å². The molecule has 3 aromatic rings. The number of fused-ring (bicyclic) bond motifs is 3. The molecule has 2 unspecified atom stereocenters. The number of ether oxygens (including phenoxy) is 1. The molecule has 1 aromatic carbocycles. The number of morpholine rings is 1. The van der Waals surface area contributed by atoms with Gasteiger partial charge in [-0.25, -0.2) is 4.98 Å². The van der Waals surface area contributed by atoms with Crippen LogP contribution in [-0.2, 0) is 4.74 Å². The fourth-order valence-corrected chi connectivity index (χ4v) is 3.84. The predicted molar refractivity (Wildman–Crippen MR) is 91.7 cm³/mol. The largest absolute Gasteiger partial charge is 0.371 e. The first-order valence-corrected chi connectivity index (χ1v) is 8.19. The van der Waals surface area contributed by atoms with Crippen molar-refractivity contribution in [1.29, 1.82) is 5.26 Å². The number of pyridine rings is 1. The number of benzene rings is 1. The molecule has 0 aliphatic carbocycles. The van der Waals surface area contributed by atoms with Crippen LogP contribution >= 0.6 is 0 Å². The molecule has 24 heavy (non-hydrogen) atoms. The van der Waals surface area contributed by atoms with Gasteiger partial charge in [0.25, 0.3) is 0 Å². The summed E-state index contributed by atoms with van der Waals surface area (Å²) >= 11 is 0. The van der Waals surface area contributed by atoms with Crippen LogP contribution in [0.1, 0.15) is 12.0 Å². The van der Waals surface area contributed by atoms with E-state index < -0.39 is 0 Å². The molecule has 5 heterocycles. The SMILES string of the molecule is N#Cc1cccc(-c2c[nH]c3nccc(N4CC5CC(C4)O5)c23)c1. The Morgan fingerprint density at radius 1 is 1.25 bits per heavy atom. The van der Waals surface area contributed by atoms with Crippen LogP contribution in [0.3, 0.4) is 0 Å². The van der Waals surface area contributed by atoms with Gasteiger partial charge in [0, 0.05) is 42.9 Å². The van der Waals surface area contributed by atoms with Crippen molar-refractivity contribution < 1.29 is 4.74 Å². The summed E-state index contributed by atoms with van der Waals surface area (Å²) in [6, 6.07) is 12.0. The van der Waals surface area contributed by atoms with Gasteiger partial charge in [-0.05, 0) is 23.8 Å². The minimum atomic E-state index is 0.358. The Bertz CT molecular complexity index is 955. The number of nitrogens with zero attached hydrogens (tertiary/aromatic N) is 3. The van der Waals surface area contributed by atoms with Crippen LogP contribution in [0.5, 0.6) is 0 Å². The van der Waals surface area contributed by atoms with Crippen LogP contribution in [0.25, 0.3) is 22.2 Å². The van der Waals surface area contributed by atoms with Crippen molar-refractivity contribution in [2.24, 2.45) is 0 Å². The number of nitriles is 1. The lowest BCUT2D eigenvalue weighted by molar-refractivity contribution is -0.133. The van der Waals surface area contributed by atoms with Crippen LogP contribution in [0.4, 0.5) is 5.69 Å². The third kappa shape index (κ3) is 2.00. The highest BCUT2D eigenvalue weighted by atomic mass is 16.5. The lowest BCUT2D eigenvalue weighted by Gasteiger charge is -2.48. The fraction of sp³-hybridized carbons (Fsp3) is 0.263. The van der Waals surface area contributed by atoms with Gasteiger partial charge in [0.2, 0.25) is 0 Å². The number of piperidine rings is 1. The first-order chi connectivity index (χ1) is 11.8. The maximum atomic E-state index is 9.17. The standard InChI is InChI=1S/C19H16N4O/c20-8-12-2-1-3-13(6-12)16-9-22-19-18(16)17(4-5-21-19)23-10-14-7-15(11-23)24-14/h1-6,9,14-15H,7,10-11H2,(H,21,22). The minimum absolute atomic E-state index is 0.358. The number of H-pyrrole nitrogens is 1. The second kappa shape index (κ2) is 5.08. The molecule has 3 saturated heterocycles. The van der Waals surface area contributed by atoms with Crippen LogP contribution in [0.2, 0.25) is 0 Å². The molecule has 3 aliphatic heterocycles. The van der Waals surface area contributed by atoms with Gasteiger partial charge in [-0.3, -0.25) is 0 Å². The number of rotatable bonds is 2. The van der Waals surface area contributed by atoms with Crippen LogP contribution < -0.4 is 4.90 Å². The molecule has 118 valence electrons. The van der Waals surface area contributed by atoms with E-state index in [0.717, 1.165) is 35.2 Å². The summed E-state index contributed by atoms with van der Waals surface area (Å²) in [5, 5.41) is 10.3. The summed E-state index contributed by atoms with van der Waals surface area (Å²) in [7, 11) is 0. The van der Waals surface area contributed by atoms with E-state index in [1.165, 1.54) is 12.1 Å². The second-order valence-corrected chi connectivity index (χ2v) is 6.47. The molecule has 2 bridgehead atoms. The van der Waals surface area contributed by atoms with Gasteiger partial charge >= 0.3 is 0 Å². The topological polar surface area (TPSA) is 64.9 Å². The Kier molecular flexibility index (Phi) is 2.88. The average molecular weight is 316 g/mol. The van der Waals surface area contributed by atoms with Gasteiger partial charge in [-0.2, -0.15) is 5.26 Å². The highest BCUT2D eigenvalue weighted by Crippen LogP contribution is 2.38. The summed E-state index contributed by atoms with van der Waals surface area (Å²) in [6.45, 7) is 1.86. The summed E-state index contributed by atoms with van der Waals surface area (Å²) < 4.78 is 5.76. The molecule has 0 radical (unpaired) electrons. The van der Waals surface area contributed by atoms with E-state index in [4.69, 9.17) is 4.74 Å². The zero-order valence-electron chi connectivity index (χ0n) is 13.1. The van der Waals surface area contributed by atoms with Crippen molar-refractivity contribution in [1.82, 2.24) is 9.97 Å². The highest BCUT2D eigenvalue weighted by Gasteiger charge is 2.38. The smallest absolute Gasteiger partial charge is 0.139 e. The van der Waals surface area contributed by atoms with Gasteiger partial charge in [0.15, 0.2) is 0 Å². The Balaban J connectivity index is 1.66. The predicted octanol–water partition coefficient (Wildman–Crippen LogP) is 3.08. The average Bonchev–Trinajstić information content (AvgIpc) is 3.05.